The van der Waals surface area contributed by atoms with E-state index in [0.717, 1.165) is 0 Å². The standard InChI is InChI=1S/C44H76N2O34/c45-1-2-46-3-10-31-17(53)24(60)38(67-10)75-32-11(4-47)69-40(26(62)19(32)55)77-34-13(6-49)71-42(28(64)21(34)57)79-36-15(8-51)73-44(30(66)23(36)59)80-37-16(9-52)72-43(29(65)22(37)58)78-35-14(7-50)70-41(27(63)20(35)56)76-33-12(5-48)68-39(74-31)25(61)18(33)54/h10-44,46-66H,1-9,45H2/t10-,11-,12-,13-,14-,15-,16-,17?,18-,19?,20?,21?,22-,23?,24-,25-,26-,27-,28-,29-,30-,31-,32-,33-,34-,35-,36-,37-,38-,39-,40-,41-,42-,43-,44-/m1/s1. The normalized spacial score (nSPS) is 53.7. The number of rotatable bonds is 10. The van der Waals surface area contributed by atoms with Crippen molar-refractivity contribution in [1.29, 1.82) is 0 Å². The molecule has 466 valence electrons. The van der Waals surface area contributed by atoms with Crippen molar-refractivity contribution in [1.82, 2.24) is 5.32 Å². The largest absolute Gasteiger partial charge is 0.394 e. The molecule has 36 nitrogen and oxygen atoms in total. The molecule has 0 aromatic carbocycles. The van der Waals surface area contributed by atoms with E-state index in [1.165, 1.54) is 0 Å². The van der Waals surface area contributed by atoms with Crippen LogP contribution in [-0.4, -0.2) is 376 Å². The van der Waals surface area contributed by atoms with E-state index in [1.54, 1.807) is 0 Å². The van der Waals surface area contributed by atoms with Crippen molar-refractivity contribution in [3.63, 3.8) is 0 Å². The Hall–Kier alpha value is -1.44. The summed E-state index contributed by atoms with van der Waals surface area (Å²) in [6.07, 6.45) is -69.1. The summed E-state index contributed by atoms with van der Waals surface area (Å²) in [6.45, 7) is -6.27. The Morgan fingerprint density at radius 2 is 0.400 bits per heavy atom. The summed E-state index contributed by atoms with van der Waals surface area (Å²) in [4.78, 5) is 0. The number of aliphatic hydroxyl groups excluding tert-OH is 20. The molecule has 21 aliphatic rings. The van der Waals surface area contributed by atoms with E-state index in [2.05, 4.69) is 5.32 Å². The molecular weight excluding hydrogens is 1100 g/mol. The zero-order valence-electron chi connectivity index (χ0n) is 42.3. The maximum Gasteiger partial charge on any atom is 0.187 e. The smallest absolute Gasteiger partial charge is 0.187 e. The minimum Gasteiger partial charge on any atom is -0.394 e. The quantitative estimate of drug-likeness (QED) is 0.0903. The van der Waals surface area contributed by atoms with Crippen LogP contribution in [0.4, 0.5) is 0 Å². The molecule has 80 heavy (non-hydrogen) atoms. The summed E-state index contributed by atoms with van der Waals surface area (Å²) in [5.41, 5.74) is 5.66. The molecule has 35 atom stereocenters. The Balaban J connectivity index is 1.09. The lowest BCUT2D eigenvalue weighted by Crippen LogP contribution is -2.68. The van der Waals surface area contributed by atoms with Crippen LogP contribution in [0.25, 0.3) is 0 Å². The second kappa shape index (κ2) is 27.9. The van der Waals surface area contributed by atoms with E-state index in [9.17, 15) is 102 Å². The lowest BCUT2D eigenvalue weighted by atomic mass is 9.95. The van der Waals surface area contributed by atoms with Gasteiger partial charge >= 0.3 is 0 Å². The van der Waals surface area contributed by atoms with Gasteiger partial charge in [-0.15, -0.1) is 0 Å². The molecule has 0 radical (unpaired) electrons. The highest BCUT2D eigenvalue weighted by Gasteiger charge is 2.59. The molecule has 21 rings (SSSR count). The van der Waals surface area contributed by atoms with Crippen molar-refractivity contribution in [2.45, 2.75) is 215 Å². The molecule has 36 heteroatoms. The van der Waals surface area contributed by atoms with Gasteiger partial charge in [0.15, 0.2) is 44.0 Å². The summed E-state index contributed by atoms with van der Waals surface area (Å²) in [5, 5.41) is 225. The first-order chi connectivity index (χ1) is 38.2. The molecule has 21 saturated heterocycles. The van der Waals surface area contributed by atoms with Crippen molar-refractivity contribution >= 4 is 0 Å². The topological polar surface area (TPSA) is 572 Å². The number of nitrogens with one attached hydrogen (secondary N) is 1. The van der Waals surface area contributed by atoms with Gasteiger partial charge in [0.2, 0.25) is 0 Å². The van der Waals surface area contributed by atoms with Crippen LogP contribution in [0, 0.1) is 0 Å². The lowest BCUT2D eigenvalue weighted by Gasteiger charge is -2.50. The van der Waals surface area contributed by atoms with Gasteiger partial charge in [-0.3, -0.25) is 0 Å². The van der Waals surface area contributed by atoms with Crippen LogP contribution >= 0.6 is 0 Å². The fourth-order valence-electron chi connectivity index (χ4n) is 10.8. The lowest BCUT2D eigenvalue weighted by molar-refractivity contribution is -0.396. The molecule has 0 spiro atoms. The number of nitrogens with two attached hydrogens (primary N) is 1. The van der Waals surface area contributed by atoms with Gasteiger partial charge < -0.3 is 179 Å². The van der Waals surface area contributed by atoms with Gasteiger partial charge in [-0.1, -0.05) is 0 Å². The number of hydrogen-bond acceptors (Lipinski definition) is 36. The average molecular weight is 1180 g/mol. The Morgan fingerprint density at radius 1 is 0.237 bits per heavy atom. The molecular formula is C44H76N2O34. The van der Waals surface area contributed by atoms with Crippen LogP contribution in [0.15, 0.2) is 0 Å². The highest BCUT2D eigenvalue weighted by atomic mass is 16.8. The molecule has 0 aromatic rings. The van der Waals surface area contributed by atoms with Gasteiger partial charge in [-0.2, -0.15) is 0 Å². The van der Waals surface area contributed by atoms with Crippen LogP contribution in [-0.2, 0) is 66.3 Å². The van der Waals surface area contributed by atoms with E-state index >= 15 is 0 Å². The van der Waals surface area contributed by atoms with E-state index in [4.69, 9.17) is 72.0 Å². The predicted octanol–water partition coefficient (Wildman–Crippen LogP) is -15.7. The zero-order chi connectivity index (χ0) is 58.2. The first-order valence-electron chi connectivity index (χ1n) is 25.9. The number of hydrogen-bond donors (Lipinski definition) is 22. The van der Waals surface area contributed by atoms with Gasteiger partial charge in [0, 0.05) is 19.6 Å². The van der Waals surface area contributed by atoms with Crippen molar-refractivity contribution < 1.29 is 168 Å². The molecule has 0 aromatic heterocycles. The molecule has 23 N–H and O–H groups in total. The third-order valence-corrected chi connectivity index (χ3v) is 15.3. The Kier molecular flexibility index (Phi) is 22.5. The Bertz CT molecular complexity index is 1880. The van der Waals surface area contributed by atoms with Crippen LogP contribution in [0.1, 0.15) is 0 Å². The highest BCUT2D eigenvalue weighted by molar-refractivity contribution is 5.02. The van der Waals surface area contributed by atoms with Crippen LogP contribution in [0.2, 0.25) is 0 Å². The van der Waals surface area contributed by atoms with Crippen LogP contribution < -0.4 is 11.1 Å². The third-order valence-electron chi connectivity index (χ3n) is 15.3. The summed E-state index contributed by atoms with van der Waals surface area (Å²) in [5.74, 6) is 0. The Labute approximate surface area is 453 Å². The summed E-state index contributed by atoms with van der Waals surface area (Å²) >= 11 is 0. The molecule has 0 amide bonds. The monoisotopic (exact) mass is 1180 g/mol. The maximum atomic E-state index is 11.6. The molecule has 21 fully saturated rings. The maximum absolute atomic E-state index is 11.6. The summed E-state index contributed by atoms with van der Waals surface area (Å²) < 4.78 is 80.7. The molecule has 0 aliphatic carbocycles. The van der Waals surface area contributed by atoms with Crippen molar-refractivity contribution in [2.75, 3.05) is 59.3 Å². The van der Waals surface area contributed by atoms with Crippen LogP contribution in [0.3, 0.4) is 0 Å². The molecule has 5 unspecified atom stereocenters. The minimum atomic E-state index is -2.20. The summed E-state index contributed by atoms with van der Waals surface area (Å²) in [6, 6.07) is 0. The van der Waals surface area contributed by atoms with E-state index in [0.29, 0.717) is 0 Å². The van der Waals surface area contributed by atoms with Gasteiger partial charge in [0.25, 0.3) is 0 Å². The fraction of sp³-hybridized carbons (Fsp3) is 1.00. The minimum absolute atomic E-state index is 0.0733. The van der Waals surface area contributed by atoms with E-state index in [1.807, 2.05) is 0 Å². The SMILES string of the molecule is NCCNC[C@H]1O[C@@H]2O[C@H]3C(O)[C@@H](O)[C@H](O[C@@H]3CO)O[C@H]3C(O)[C@@H](O)[C@H](O[C@@H]3CO)O[C@H]3C(O)[C@@H](O)[C@@H](O[C@H]4[C@H](O)[C@@H](O)[C@H](O[C@@H]4CO)O[C@H]4C(O)[C@@H](O)[C@@H](O[C@H]5[C@H](O)[C@@H](O)[C@H](O[C@@H]5CO)O[C@H]1C(O)[C@H]2O)O[C@@H]4CO)O[C@@H]3CO. The second-order valence-corrected chi connectivity index (χ2v) is 20.5. The predicted molar refractivity (Wildman–Crippen MR) is 243 cm³/mol. The van der Waals surface area contributed by atoms with Crippen LogP contribution in [0.5, 0.6) is 0 Å². The van der Waals surface area contributed by atoms with E-state index in [-0.39, 0.29) is 19.6 Å². The average Bonchev–Trinajstić information content (AvgIpc) is 3.50. The van der Waals surface area contributed by atoms with E-state index < -0.39 is 255 Å². The molecule has 21 heterocycles. The molecule has 21 aliphatic heterocycles. The molecule has 0 saturated carbocycles. The van der Waals surface area contributed by atoms with Crippen molar-refractivity contribution in [3.8, 4) is 0 Å². The van der Waals surface area contributed by atoms with Gasteiger partial charge in [-0.05, 0) is 0 Å². The summed E-state index contributed by atoms with van der Waals surface area (Å²) in [7, 11) is 0. The van der Waals surface area contributed by atoms with Gasteiger partial charge in [-0.25, -0.2) is 0 Å². The zero-order valence-corrected chi connectivity index (χ0v) is 42.3. The number of aliphatic hydroxyl groups is 20. The highest BCUT2D eigenvalue weighted by Crippen LogP contribution is 2.39. The fourth-order valence-corrected chi connectivity index (χ4v) is 10.8. The third kappa shape index (κ3) is 13.0. The first-order valence-corrected chi connectivity index (χ1v) is 25.9. The van der Waals surface area contributed by atoms with Gasteiger partial charge in [0.1, 0.15) is 171 Å². The second-order valence-electron chi connectivity index (χ2n) is 20.5. The van der Waals surface area contributed by atoms with Crippen molar-refractivity contribution in [3.05, 3.63) is 0 Å². The van der Waals surface area contributed by atoms with Gasteiger partial charge in [0.05, 0.1) is 39.6 Å². The van der Waals surface area contributed by atoms with Crippen molar-refractivity contribution in [2.24, 2.45) is 5.73 Å². The molecule has 14 bridgehead atoms. The number of ether oxygens (including phenoxy) is 14. The Morgan fingerprint density at radius 3 is 0.562 bits per heavy atom. The first kappa shape index (κ1) is 64.6.